The summed E-state index contributed by atoms with van der Waals surface area (Å²) >= 11 is 1.21. The molecule has 0 atom stereocenters. The van der Waals surface area contributed by atoms with Crippen LogP contribution >= 0.6 is 11.8 Å². The zero-order valence-electron chi connectivity index (χ0n) is 13.0. The van der Waals surface area contributed by atoms with E-state index in [1.54, 1.807) is 24.3 Å². The number of aromatic hydroxyl groups is 1. The number of benzene rings is 2. The van der Waals surface area contributed by atoms with Crippen molar-refractivity contribution in [3.05, 3.63) is 65.7 Å². The normalized spacial score (nSPS) is 10.0. The van der Waals surface area contributed by atoms with Crippen LogP contribution in [0.2, 0.25) is 0 Å². The van der Waals surface area contributed by atoms with Gasteiger partial charge in [0.25, 0.3) is 0 Å². The number of nitriles is 2. The highest BCUT2D eigenvalue weighted by Crippen LogP contribution is 2.38. The number of hydrogen-bond acceptors (Lipinski definition) is 6. The number of hydrogen-bond donors (Lipinski definition) is 2. The summed E-state index contributed by atoms with van der Waals surface area (Å²) in [5.74, 6) is 0.191. The van der Waals surface area contributed by atoms with Crippen LogP contribution in [0.3, 0.4) is 0 Å². The van der Waals surface area contributed by atoms with Crippen LogP contribution in [0.4, 0.5) is 5.82 Å². The molecule has 3 rings (SSSR count). The molecule has 120 valence electrons. The number of phenolic OH excluding ortho intramolecular Hbond substituents is 1. The Hall–Kier alpha value is -3.48. The predicted molar refractivity (Wildman–Crippen MR) is 95.7 cm³/mol. The van der Waals surface area contributed by atoms with Crippen LogP contribution < -0.4 is 5.73 Å². The van der Waals surface area contributed by atoms with Crippen LogP contribution in [0.5, 0.6) is 5.75 Å². The van der Waals surface area contributed by atoms with E-state index in [1.165, 1.54) is 11.8 Å². The summed E-state index contributed by atoms with van der Waals surface area (Å²) in [6.45, 7) is 0. The summed E-state index contributed by atoms with van der Waals surface area (Å²) in [7, 11) is 0. The van der Waals surface area contributed by atoms with Gasteiger partial charge in [-0.15, -0.1) is 0 Å². The predicted octanol–water partition coefficient (Wildman–Crippen LogP) is 3.93. The highest BCUT2D eigenvalue weighted by atomic mass is 32.2. The minimum Gasteiger partial charge on any atom is -0.508 e. The summed E-state index contributed by atoms with van der Waals surface area (Å²) in [5.41, 5.74) is 7.63. The quantitative estimate of drug-likeness (QED) is 0.745. The van der Waals surface area contributed by atoms with Gasteiger partial charge in [-0.05, 0) is 23.8 Å². The molecule has 3 aromatic rings. The number of nitrogens with two attached hydrogens (primary N) is 1. The van der Waals surface area contributed by atoms with Crippen molar-refractivity contribution in [1.29, 1.82) is 10.5 Å². The minimum absolute atomic E-state index is 0.0722. The Bertz CT molecular complexity index is 1020. The van der Waals surface area contributed by atoms with E-state index in [9.17, 15) is 15.6 Å². The molecule has 5 nitrogen and oxygen atoms in total. The lowest BCUT2D eigenvalue weighted by molar-refractivity contribution is 0.474. The van der Waals surface area contributed by atoms with Gasteiger partial charge >= 0.3 is 0 Å². The molecule has 25 heavy (non-hydrogen) atoms. The summed E-state index contributed by atoms with van der Waals surface area (Å²) < 4.78 is 0. The second-order valence-corrected chi connectivity index (χ2v) is 6.18. The third-order valence-electron chi connectivity index (χ3n) is 3.51. The second kappa shape index (κ2) is 6.96. The van der Waals surface area contributed by atoms with Gasteiger partial charge in [0.15, 0.2) is 0 Å². The van der Waals surface area contributed by atoms with Crippen LogP contribution in [-0.4, -0.2) is 10.1 Å². The smallest absolute Gasteiger partial charge is 0.143 e. The fourth-order valence-corrected chi connectivity index (χ4v) is 3.37. The SMILES string of the molecule is N#Cc1c(N)nc(Sc2cccc(O)c2)c(C#N)c1-c1ccccc1. The van der Waals surface area contributed by atoms with Gasteiger partial charge in [0.2, 0.25) is 0 Å². The molecule has 0 spiro atoms. The van der Waals surface area contributed by atoms with Crippen LogP contribution in [0.25, 0.3) is 11.1 Å². The molecule has 1 heterocycles. The van der Waals surface area contributed by atoms with E-state index in [4.69, 9.17) is 5.73 Å². The highest BCUT2D eigenvalue weighted by Gasteiger charge is 2.20. The summed E-state index contributed by atoms with van der Waals surface area (Å²) in [6.07, 6.45) is 0. The Labute approximate surface area is 149 Å². The molecule has 2 aromatic carbocycles. The lowest BCUT2D eigenvalue weighted by Crippen LogP contribution is -2.03. The molecule has 0 aliphatic carbocycles. The van der Waals surface area contributed by atoms with Crippen LogP contribution in [0.1, 0.15) is 11.1 Å². The number of nitrogens with zero attached hydrogens (tertiary/aromatic N) is 3. The van der Waals surface area contributed by atoms with E-state index in [-0.39, 0.29) is 22.7 Å². The zero-order chi connectivity index (χ0) is 17.8. The number of pyridine rings is 1. The van der Waals surface area contributed by atoms with Crippen molar-refractivity contribution in [3.63, 3.8) is 0 Å². The Morgan fingerprint density at radius 1 is 0.960 bits per heavy atom. The fraction of sp³-hybridized carbons (Fsp3) is 0. The number of rotatable bonds is 3. The van der Waals surface area contributed by atoms with Crippen molar-refractivity contribution in [2.75, 3.05) is 5.73 Å². The van der Waals surface area contributed by atoms with Crippen LogP contribution in [0, 0.1) is 22.7 Å². The summed E-state index contributed by atoms with van der Waals surface area (Å²) in [6, 6.07) is 20.0. The van der Waals surface area contributed by atoms with Crippen molar-refractivity contribution in [2.45, 2.75) is 9.92 Å². The second-order valence-electron chi connectivity index (χ2n) is 5.12. The number of anilines is 1. The van der Waals surface area contributed by atoms with Crippen molar-refractivity contribution >= 4 is 17.6 Å². The number of nitrogen functional groups attached to an aromatic ring is 1. The van der Waals surface area contributed by atoms with Crippen molar-refractivity contribution in [3.8, 4) is 29.0 Å². The number of phenols is 1. The molecule has 1 aromatic heterocycles. The first kappa shape index (κ1) is 16.4. The Kier molecular flexibility index (Phi) is 4.56. The molecule has 0 aliphatic heterocycles. The Morgan fingerprint density at radius 3 is 2.32 bits per heavy atom. The van der Waals surface area contributed by atoms with Gasteiger partial charge in [0.1, 0.15) is 34.3 Å². The maximum absolute atomic E-state index is 9.70. The van der Waals surface area contributed by atoms with E-state index < -0.39 is 0 Å². The molecule has 0 saturated heterocycles. The summed E-state index contributed by atoms with van der Waals surface area (Å²) in [5, 5.41) is 29.2. The first-order chi connectivity index (χ1) is 12.1. The average molecular weight is 344 g/mol. The van der Waals surface area contributed by atoms with Crippen molar-refractivity contribution in [1.82, 2.24) is 4.98 Å². The van der Waals surface area contributed by atoms with Gasteiger partial charge < -0.3 is 10.8 Å². The molecule has 0 bridgehead atoms. The molecule has 6 heteroatoms. The van der Waals surface area contributed by atoms with Gasteiger partial charge in [-0.1, -0.05) is 48.2 Å². The van der Waals surface area contributed by atoms with Gasteiger partial charge in [-0.25, -0.2) is 4.98 Å². The molecule has 0 saturated carbocycles. The third kappa shape index (κ3) is 3.25. The highest BCUT2D eigenvalue weighted by molar-refractivity contribution is 7.99. The molecular weight excluding hydrogens is 332 g/mol. The van der Waals surface area contributed by atoms with Gasteiger partial charge in [-0.3, -0.25) is 0 Å². The van der Waals surface area contributed by atoms with E-state index in [1.807, 2.05) is 36.4 Å². The molecule has 0 fully saturated rings. The molecule has 0 unspecified atom stereocenters. The first-order valence-corrected chi connectivity index (χ1v) is 8.11. The molecule has 0 radical (unpaired) electrons. The van der Waals surface area contributed by atoms with E-state index in [0.717, 1.165) is 5.56 Å². The van der Waals surface area contributed by atoms with Crippen LogP contribution in [0.15, 0.2) is 64.5 Å². The van der Waals surface area contributed by atoms with E-state index in [2.05, 4.69) is 11.1 Å². The van der Waals surface area contributed by atoms with E-state index in [0.29, 0.717) is 15.5 Å². The van der Waals surface area contributed by atoms with Gasteiger partial charge in [-0.2, -0.15) is 10.5 Å². The van der Waals surface area contributed by atoms with Crippen molar-refractivity contribution in [2.24, 2.45) is 0 Å². The van der Waals surface area contributed by atoms with E-state index >= 15 is 0 Å². The molecule has 0 amide bonds. The molecular formula is C19H12N4OS. The summed E-state index contributed by atoms with van der Waals surface area (Å²) in [4.78, 5) is 4.95. The minimum atomic E-state index is 0.0722. The molecule has 0 aliphatic rings. The monoisotopic (exact) mass is 344 g/mol. The zero-order valence-corrected chi connectivity index (χ0v) is 13.8. The maximum Gasteiger partial charge on any atom is 0.143 e. The van der Waals surface area contributed by atoms with Crippen LogP contribution in [-0.2, 0) is 0 Å². The fourth-order valence-electron chi connectivity index (χ4n) is 2.42. The topological polar surface area (TPSA) is 107 Å². The van der Waals surface area contributed by atoms with Gasteiger partial charge in [0, 0.05) is 10.5 Å². The standard InChI is InChI=1S/C19H12N4OS/c20-10-15-17(12-5-2-1-3-6-12)16(11-21)19(23-18(15)22)25-14-8-4-7-13(24)9-14/h1-9,24H,(H2,22,23). The Morgan fingerprint density at radius 2 is 1.68 bits per heavy atom. The lowest BCUT2D eigenvalue weighted by Gasteiger charge is -2.13. The third-order valence-corrected chi connectivity index (χ3v) is 4.49. The van der Waals surface area contributed by atoms with Crippen molar-refractivity contribution < 1.29 is 5.11 Å². The Balaban J connectivity index is 2.23. The van der Waals surface area contributed by atoms with Gasteiger partial charge in [0.05, 0.1) is 5.56 Å². The lowest BCUT2D eigenvalue weighted by atomic mass is 9.97. The number of aromatic nitrogens is 1. The average Bonchev–Trinajstić information content (AvgIpc) is 2.62. The molecule has 3 N–H and O–H groups in total. The first-order valence-electron chi connectivity index (χ1n) is 7.30. The largest absolute Gasteiger partial charge is 0.508 e. The maximum atomic E-state index is 9.70.